The molecule has 0 aliphatic carbocycles. The molecule has 0 aromatic rings. The summed E-state index contributed by atoms with van der Waals surface area (Å²) < 4.78 is 24.6. The highest BCUT2D eigenvalue weighted by atomic mass is 19.3. The highest BCUT2D eigenvalue weighted by molar-refractivity contribution is 4.83. The third kappa shape index (κ3) is 2.91. The predicted molar refractivity (Wildman–Crippen MR) is 54.6 cm³/mol. The molecule has 0 aromatic heterocycles. The van der Waals surface area contributed by atoms with Crippen molar-refractivity contribution in [1.82, 2.24) is 4.90 Å². The van der Waals surface area contributed by atoms with E-state index in [-0.39, 0.29) is 6.54 Å². The first-order valence-electron chi connectivity index (χ1n) is 5.54. The Hall–Kier alpha value is -0.180. The predicted octanol–water partition coefficient (Wildman–Crippen LogP) is 3.01. The van der Waals surface area contributed by atoms with Crippen molar-refractivity contribution in [2.24, 2.45) is 11.8 Å². The maximum absolute atomic E-state index is 12.3. The number of halogens is 2. The minimum absolute atomic E-state index is 0.0512. The first kappa shape index (κ1) is 11.9. The van der Waals surface area contributed by atoms with Gasteiger partial charge in [-0.3, -0.25) is 4.90 Å². The molecule has 0 N–H and O–H groups in total. The van der Waals surface area contributed by atoms with E-state index in [1.807, 2.05) is 4.90 Å². The Morgan fingerprint density at radius 3 is 2.50 bits per heavy atom. The summed E-state index contributed by atoms with van der Waals surface area (Å²) >= 11 is 0. The third-order valence-electron chi connectivity index (χ3n) is 3.41. The molecule has 1 aliphatic rings. The molecule has 1 rings (SSSR count). The molecule has 3 heteroatoms. The molecule has 1 aliphatic heterocycles. The second-order valence-corrected chi connectivity index (χ2v) is 4.68. The molecule has 84 valence electrons. The Morgan fingerprint density at radius 2 is 2.00 bits per heavy atom. The van der Waals surface area contributed by atoms with Gasteiger partial charge in [0.15, 0.2) is 0 Å². The van der Waals surface area contributed by atoms with Crippen molar-refractivity contribution in [2.45, 2.75) is 46.1 Å². The lowest BCUT2D eigenvalue weighted by molar-refractivity contribution is 0.0209. The average molecular weight is 205 g/mol. The van der Waals surface area contributed by atoms with Crippen LogP contribution in [0.5, 0.6) is 0 Å². The first-order chi connectivity index (χ1) is 6.52. The van der Waals surface area contributed by atoms with E-state index >= 15 is 0 Å². The fourth-order valence-corrected chi connectivity index (χ4v) is 2.57. The van der Waals surface area contributed by atoms with Gasteiger partial charge in [-0.15, -0.1) is 0 Å². The Bertz CT molecular complexity index is 171. The van der Waals surface area contributed by atoms with Crippen molar-refractivity contribution in [3.63, 3.8) is 0 Å². The number of nitrogens with zero attached hydrogens (tertiary/aromatic N) is 1. The van der Waals surface area contributed by atoms with Crippen LogP contribution in [0.15, 0.2) is 0 Å². The molecule has 1 fully saturated rings. The van der Waals surface area contributed by atoms with E-state index in [1.54, 1.807) is 0 Å². The van der Waals surface area contributed by atoms with E-state index in [0.717, 1.165) is 13.0 Å². The second kappa shape index (κ2) is 5.06. The fraction of sp³-hybridized carbons (Fsp3) is 1.00. The first-order valence-corrected chi connectivity index (χ1v) is 5.54. The quantitative estimate of drug-likeness (QED) is 0.684. The van der Waals surface area contributed by atoms with Crippen molar-refractivity contribution in [3.05, 3.63) is 0 Å². The van der Waals surface area contributed by atoms with Gasteiger partial charge in [0.2, 0.25) is 0 Å². The highest BCUT2D eigenvalue weighted by Crippen LogP contribution is 2.29. The van der Waals surface area contributed by atoms with Crippen LogP contribution in [-0.2, 0) is 0 Å². The smallest absolute Gasteiger partial charge is 0.251 e. The summed E-state index contributed by atoms with van der Waals surface area (Å²) in [7, 11) is 0. The van der Waals surface area contributed by atoms with Crippen LogP contribution in [0.2, 0.25) is 0 Å². The average Bonchev–Trinajstić information content (AvgIpc) is 2.07. The molecule has 0 spiro atoms. The normalized spacial score (nSPS) is 30.2. The summed E-state index contributed by atoms with van der Waals surface area (Å²) in [5, 5.41) is 0. The number of alkyl halides is 2. The summed E-state index contributed by atoms with van der Waals surface area (Å²) in [5.41, 5.74) is 0. The van der Waals surface area contributed by atoms with E-state index in [9.17, 15) is 8.78 Å². The zero-order chi connectivity index (χ0) is 10.7. The van der Waals surface area contributed by atoms with Crippen LogP contribution in [0, 0.1) is 11.8 Å². The van der Waals surface area contributed by atoms with Crippen molar-refractivity contribution < 1.29 is 8.78 Å². The van der Waals surface area contributed by atoms with Crippen LogP contribution in [0.4, 0.5) is 8.78 Å². The van der Waals surface area contributed by atoms with Gasteiger partial charge in [-0.1, -0.05) is 13.8 Å². The second-order valence-electron chi connectivity index (χ2n) is 4.68. The Kier molecular flexibility index (Phi) is 4.30. The molecular weight excluding hydrogens is 184 g/mol. The van der Waals surface area contributed by atoms with Gasteiger partial charge >= 0.3 is 0 Å². The molecule has 0 amide bonds. The Morgan fingerprint density at radius 1 is 1.36 bits per heavy atom. The minimum Gasteiger partial charge on any atom is -0.295 e. The van der Waals surface area contributed by atoms with Crippen molar-refractivity contribution in [1.29, 1.82) is 0 Å². The maximum Gasteiger partial charge on any atom is 0.251 e. The molecule has 14 heavy (non-hydrogen) atoms. The van der Waals surface area contributed by atoms with Gasteiger partial charge in [0.25, 0.3) is 6.43 Å². The van der Waals surface area contributed by atoms with E-state index in [1.165, 1.54) is 6.42 Å². The van der Waals surface area contributed by atoms with Crippen LogP contribution < -0.4 is 0 Å². The van der Waals surface area contributed by atoms with Gasteiger partial charge in [0.1, 0.15) is 0 Å². The summed E-state index contributed by atoms with van der Waals surface area (Å²) in [6, 6.07) is 0.317. The molecule has 1 saturated heterocycles. The van der Waals surface area contributed by atoms with Gasteiger partial charge in [0, 0.05) is 6.04 Å². The molecule has 0 saturated carbocycles. The standard InChI is InChI=1S/C11H21F2N/c1-8(2)10-5-4-6-14(9(10)3)7-11(12)13/h8-11H,4-7H2,1-3H3. The van der Waals surface area contributed by atoms with Crippen LogP contribution >= 0.6 is 0 Å². The van der Waals surface area contributed by atoms with Crippen LogP contribution in [-0.4, -0.2) is 30.5 Å². The Balaban J connectivity index is 2.52. The van der Waals surface area contributed by atoms with Crippen LogP contribution in [0.25, 0.3) is 0 Å². The summed E-state index contributed by atoms with van der Waals surface area (Å²) in [5.74, 6) is 1.19. The lowest BCUT2D eigenvalue weighted by Gasteiger charge is -2.41. The monoisotopic (exact) mass is 205 g/mol. The van der Waals surface area contributed by atoms with E-state index in [4.69, 9.17) is 0 Å². The molecule has 2 atom stereocenters. The van der Waals surface area contributed by atoms with Gasteiger partial charge < -0.3 is 0 Å². The maximum atomic E-state index is 12.3. The molecule has 0 radical (unpaired) electrons. The van der Waals surface area contributed by atoms with Gasteiger partial charge in [-0.2, -0.15) is 0 Å². The van der Waals surface area contributed by atoms with Crippen molar-refractivity contribution >= 4 is 0 Å². The lowest BCUT2D eigenvalue weighted by atomic mass is 9.82. The zero-order valence-corrected chi connectivity index (χ0v) is 9.34. The fourth-order valence-electron chi connectivity index (χ4n) is 2.57. The number of rotatable bonds is 3. The summed E-state index contributed by atoms with van der Waals surface area (Å²) in [4.78, 5) is 1.94. The third-order valence-corrected chi connectivity index (χ3v) is 3.41. The lowest BCUT2D eigenvalue weighted by Crippen LogP contribution is -2.46. The summed E-state index contributed by atoms with van der Waals surface area (Å²) in [6.45, 7) is 7.26. The number of hydrogen-bond acceptors (Lipinski definition) is 1. The van der Waals surface area contributed by atoms with Crippen LogP contribution in [0.3, 0.4) is 0 Å². The SMILES string of the molecule is CC(C)C1CCCN(CC(F)F)C1C. The van der Waals surface area contributed by atoms with E-state index in [2.05, 4.69) is 20.8 Å². The molecular formula is C11H21F2N. The number of likely N-dealkylation sites (tertiary alicyclic amines) is 1. The van der Waals surface area contributed by atoms with E-state index in [0.29, 0.717) is 17.9 Å². The van der Waals surface area contributed by atoms with E-state index < -0.39 is 6.43 Å². The minimum atomic E-state index is -2.19. The number of hydrogen-bond donors (Lipinski definition) is 0. The molecule has 1 heterocycles. The van der Waals surface area contributed by atoms with Gasteiger partial charge in [-0.25, -0.2) is 8.78 Å². The summed E-state index contributed by atoms with van der Waals surface area (Å²) in [6.07, 6.45) is 0.0710. The molecule has 0 aromatic carbocycles. The number of piperidine rings is 1. The molecule has 1 nitrogen and oxygen atoms in total. The zero-order valence-electron chi connectivity index (χ0n) is 9.34. The topological polar surface area (TPSA) is 3.24 Å². The highest BCUT2D eigenvalue weighted by Gasteiger charge is 2.30. The van der Waals surface area contributed by atoms with Gasteiger partial charge in [0.05, 0.1) is 6.54 Å². The largest absolute Gasteiger partial charge is 0.295 e. The molecule has 2 unspecified atom stereocenters. The Labute approximate surface area is 85.5 Å². The molecule has 0 bridgehead atoms. The van der Waals surface area contributed by atoms with Crippen LogP contribution in [0.1, 0.15) is 33.6 Å². The van der Waals surface area contributed by atoms with Crippen molar-refractivity contribution in [2.75, 3.05) is 13.1 Å². The van der Waals surface area contributed by atoms with Gasteiger partial charge in [-0.05, 0) is 38.1 Å². The van der Waals surface area contributed by atoms with Crippen molar-refractivity contribution in [3.8, 4) is 0 Å².